The number of hydrogen-bond acceptors (Lipinski definition) is 0. The molecule has 50 valence electrons. The van der Waals surface area contributed by atoms with Crippen molar-refractivity contribution in [1.29, 1.82) is 0 Å². The summed E-state index contributed by atoms with van der Waals surface area (Å²) in [6, 6.07) is 0. The monoisotopic (exact) mass is 122 g/mol. The molecule has 0 spiro atoms. The van der Waals surface area contributed by atoms with Crippen LogP contribution in [0.15, 0.2) is 12.2 Å². The van der Waals surface area contributed by atoms with Gasteiger partial charge in [-0.15, -0.1) is 0 Å². The van der Waals surface area contributed by atoms with E-state index in [1.54, 1.807) is 0 Å². The maximum Gasteiger partial charge on any atom is -0.0115 e. The van der Waals surface area contributed by atoms with E-state index < -0.39 is 0 Å². The lowest BCUT2D eigenvalue weighted by Gasteiger charge is -2.21. The summed E-state index contributed by atoms with van der Waals surface area (Å²) < 4.78 is 0. The maximum absolute atomic E-state index is 2.44. The molecule has 0 heteroatoms. The lowest BCUT2D eigenvalue weighted by molar-refractivity contribution is 0.334. The highest BCUT2D eigenvalue weighted by molar-refractivity contribution is 5.11. The normalized spacial score (nSPS) is 47.9. The summed E-state index contributed by atoms with van der Waals surface area (Å²) in [6.07, 6.45) is 10.5. The number of rotatable bonds is 0. The van der Waals surface area contributed by atoms with Crippen LogP contribution in [0.4, 0.5) is 0 Å². The van der Waals surface area contributed by atoms with Crippen LogP contribution < -0.4 is 0 Å². The molecule has 0 aromatic rings. The first-order valence-corrected chi connectivity index (χ1v) is 3.99. The molecule has 2 aliphatic carbocycles. The summed E-state index contributed by atoms with van der Waals surface area (Å²) in [4.78, 5) is 0. The van der Waals surface area contributed by atoms with Gasteiger partial charge in [-0.05, 0) is 30.6 Å². The summed E-state index contributed by atoms with van der Waals surface area (Å²) in [7, 11) is 0. The van der Waals surface area contributed by atoms with E-state index >= 15 is 0 Å². The first kappa shape index (κ1) is 5.52. The van der Waals surface area contributed by atoms with Crippen molar-refractivity contribution in [2.75, 3.05) is 0 Å². The molecule has 9 heavy (non-hydrogen) atoms. The first-order chi connectivity index (χ1) is 4.31. The largest absolute Gasteiger partial charge is 0.0877 e. The highest BCUT2D eigenvalue weighted by atomic mass is 14.4. The highest BCUT2D eigenvalue weighted by Crippen LogP contribution is 2.49. The Labute approximate surface area is 57.0 Å². The first-order valence-electron chi connectivity index (χ1n) is 3.99. The van der Waals surface area contributed by atoms with Crippen LogP contribution in [0.3, 0.4) is 0 Å². The van der Waals surface area contributed by atoms with Gasteiger partial charge in [0.1, 0.15) is 0 Å². The molecule has 0 heterocycles. The van der Waals surface area contributed by atoms with Gasteiger partial charge in [-0.3, -0.25) is 0 Å². The van der Waals surface area contributed by atoms with Gasteiger partial charge in [-0.2, -0.15) is 0 Å². The van der Waals surface area contributed by atoms with Gasteiger partial charge in [0.2, 0.25) is 0 Å². The Bertz CT molecular complexity index is 146. The molecule has 0 nitrogen and oxygen atoms in total. The van der Waals surface area contributed by atoms with Crippen LogP contribution in [-0.2, 0) is 0 Å². The van der Waals surface area contributed by atoms with Crippen LogP contribution in [0.2, 0.25) is 0 Å². The Morgan fingerprint density at radius 2 is 2.44 bits per heavy atom. The molecule has 0 amide bonds. The standard InChI is InChI=1S/C9H14/c1-9-6-2-4-8(9)5-3-7-9/h2,6,8H,3-5,7H2,1H3. The Morgan fingerprint density at radius 3 is 3.22 bits per heavy atom. The summed E-state index contributed by atoms with van der Waals surface area (Å²) in [5, 5.41) is 0. The second-order valence-electron chi connectivity index (χ2n) is 3.73. The molecule has 2 aliphatic rings. The second-order valence-corrected chi connectivity index (χ2v) is 3.73. The van der Waals surface area contributed by atoms with Crippen LogP contribution >= 0.6 is 0 Å². The Morgan fingerprint density at radius 1 is 1.56 bits per heavy atom. The topological polar surface area (TPSA) is 0 Å². The minimum absolute atomic E-state index is 0.625. The minimum Gasteiger partial charge on any atom is -0.0877 e. The van der Waals surface area contributed by atoms with Crippen LogP contribution in [0.25, 0.3) is 0 Å². The quantitative estimate of drug-likeness (QED) is 0.433. The fourth-order valence-electron chi connectivity index (χ4n) is 2.37. The Kier molecular flexibility index (Phi) is 0.992. The van der Waals surface area contributed by atoms with Gasteiger partial charge in [0.25, 0.3) is 0 Å². The molecule has 0 aromatic carbocycles. The lowest BCUT2D eigenvalue weighted by Crippen LogP contribution is -2.13. The number of fused-ring (bicyclic) bond motifs is 1. The van der Waals surface area contributed by atoms with E-state index in [9.17, 15) is 0 Å². The predicted octanol–water partition coefficient (Wildman–Crippen LogP) is 2.75. The van der Waals surface area contributed by atoms with Crippen molar-refractivity contribution in [2.45, 2.75) is 32.6 Å². The van der Waals surface area contributed by atoms with E-state index in [4.69, 9.17) is 0 Å². The molecule has 0 saturated heterocycles. The second kappa shape index (κ2) is 1.62. The number of allylic oxidation sites excluding steroid dienone is 2. The van der Waals surface area contributed by atoms with Crippen molar-refractivity contribution in [3.8, 4) is 0 Å². The third-order valence-corrected chi connectivity index (χ3v) is 3.12. The van der Waals surface area contributed by atoms with Gasteiger partial charge in [0, 0.05) is 0 Å². The fraction of sp³-hybridized carbons (Fsp3) is 0.778. The molecule has 2 atom stereocenters. The lowest BCUT2D eigenvalue weighted by atomic mass is 9.83. The molecule has 1 saturated carbocycles. The molecular weight excluding hydrogens is 108 g/mol. The molecule has 0 radical (unpaired) electrons. The van der Waals surface area contributed by atoms with Gasteiger partial charge in [0.15, 0.2) is 0 Å². The van der Waals surface area contributed by atoms with Crippen LogP contribution in [0.5, 0.6) is 0 Å². The average molecular weight is 122 g/mol. The third kappa shape index (κ3) is 0.654. The van der Waals surface area contributed by atoms with Crippen molar-refractivity contribution in [3.63, 3.8) is 0 Å². The zero-order valence-electron chi connectivity index (χ0n) is 6.06. The van der Waals surface area contributed by atoms with Gasteiger partial charge < -0.3 is 0 Å². The molecule has 0 aliphatic heterocycles. The zero-order chi connectivity index (χ0) is 6.32. The van der Waals surface area contributed by atoms with Crippen LogP contribution in [-0.4, -0.2) is 0 Å². The average Bonchev–Trinajstić information content (AvgIpc) is 2.22. The smallest absolute Gasteiger partial charge is 0.0115 e. The molecule has 2 unspecified atom stereocenters. The molecule has 0 aromatic heterocycles. The van der Waals surface area contributed by atoms with Crippen molar-refractivity contribution in [1.82, 2.24) is 0 Å². The highest BCUT2D eigenvalue weighted by Gasteiger charge is 2.38. The molecule has 2 rings (SSSR count). The van der Waals surface area contributed by atoms with E-state index in [1.165, 1.54) is 25.7 Å². The van der Waals surface area contributed by atoms with Crippen LogP contribution in [0.1, 0.15) is 32.6 Å². The van der Waals surface area contributed by atoms with E-state index in [1.807, 2.05) is 0 Å². The maximum atomic E-state index is 2.44. The van der Waals surface area contributed by atoms with E-state index in [0.717, 1.165) is 5.92 Å². The van der Waals surface area contributed by atoms with Crippen molar-refractivity contribution < 1.29 is 0 Å². The Balaban J connectivity index is 2.26. The molecular formula is C9H14. The van der Waals surface area contributed by atoms with Gasteiger partial charge >= 0.3 is 0 Å². The predicted molar refractivity (Wildman–Crippen MR) is 39.2 cm³/mol. The number of hydrogen-bond donors (Lipinski definition) is 0. The zero-order valence-corrected chi connectivity index (χ0v) is 6.06. The van der Waals surface area contributed by atoms with Crippen molar-refractivity contribution in [3.05, 3.63) is 12.2 Å². The van der Waals surface area contributed by atoms with Gasteiger partial charge in [0.05, 0.1) is 0 Å². The minimum atomic E-state index is 0.625. The van der Waals surface area contributed by atoms with Crippen molar-refractivity contribution in [2.24, 2.45) is 11.3 Å². The SMILES string of the molecule is CC12C=CCC1CCC2. The third-order valence-electron chi connectivity index (χ3n) is 3.12. The van der Waals surface area contributed by atoms with Gasteiger partial charge in [-0.25, -0.2) is 0 Å². The molecule has 0 bridgehead atoms. The van der Waals surface area contributed by atoms with Gasteiger partial charge in [-0.1, -0.05) is 25.5 Å². The summed E-state index contributed by atoms with van der Waals surface area (Å²) >= 11 is 0. The molecule has 1 fully saturated rings. The fourth-order valence-corrected chi connectivity index (χ4v) is 2.37. The van der Waals surface area contributed by atoms with E-state index in [2.05, 4.69) is 19.1 Å². The Hall–Kier alpha value is -0.260. The van der Waals surface area contributed by atoms with Crippen molar-refractivity contribution >= 4 is 0 Å². The summed E-state index contributed by atoms with van der Waals surface area (Å²) in [5.41, 5.74) is 0.625. The summed E-state index contributed by atoms with van der Waals surface area (Å²) in [5.74, 6) is 1.01. The summed E-state index contributed by atoms with van der Waals surface area (Å²) in [6.45, 7) is 2.41. The molecule has 0 N–H and O–H groups in total. The van der Waals surface area contributed by atoms with Crippen LogP contribution in [0, 0.1) is 11.3 Å². The van der Waals surface area contributed by atoms with E-state index in [0.29, 0.717) is 5.41 Å². The van der Waals surface area contributed by atoms with E-state index in [-0.39, 0.29) is 0 Å².